The van der Waals surface area contributed by atoms with Crippen molar-refractivity contribution >= 4 is 21.9 Å². The van der Waals surface area contributed by atoms with E-state index in [4.69, 9.17) is 9.73 Å². The van der Waals surface area contributed by atoms with Crippen molar-refractivity contribution in [1.29, 1.82) is 0 Å². The second kappa shape index (κ2) is 11.5. The summed E-state index contributed by atoms with van der Waals surface area (Å²) in [5.74, 6) is 1.83. The molecule has 4 nitrogen and oxygen atoms in total. The van der Waals surface area contributed by atoms with E-state index in [0.717, 1.165) is 62.0 Å². The van der Waals surface area contributed by atoms with Crippen molar-refractivity contribution in [1.82, 2.24) is 10.2 Å². The molecule has 0 aliphatic carbocycles. The Hall–Kier alpha value is -1.07. The van der Waals surface area contributed by atoms with E-state index in [0.29, 0.717) is 0 Å². The number of hydrogen-bond donors (Lipinski definition) is 1. The molecule has 1 fully saturated rings. The Bertz CT molecular complexity index is 529. The third-order valence-electron chi connectivity index (χ3n) is 4.68. The zero-order valence-corrected chi connectivity index (χ0v) is 17.2. The van der Waals surface area contributed by atoms with Gasteiger partial charge in [0.05, 0.1) is 0 Å². The number of nitrogens with one attached hydrogen (secondary N) is 1. The second-order valence-electron chi connectivity index (χ2n) is 6.74. The Morgan fingerprint density at radius 1 is 1.36 bits per heavy atom. The van der Waals surface area contributed by atoms with Crippen LogP contribution in [-0.2, 0) is 11.2 Å². The van der Waals surface area contributed by atoms with Crippen molar-refractivity contribution in [2.75, 3.05) is 39.9 Å². The first-order chi connectivity index (χ1) is 12.2. The number of aryl methyl sites for hydroxylation is 1. The lowest BCUT2D eigenvalue weighted by molar-refractivity contribution is 0.0625. The standard InChI is InChI=1S/C20H32BrN3O/c1-3-22-20(24(2)13-9-17-10-14-25-15-11-17)23-12-5-7-18-6-4-8-19(21)16-18/h4,6,8,16-17H,3,5,7,9-15H2,1-2H3,(H,22,23). The molecule has 0 spiro atoms. The Morgan fingerprint density at radius 3 is 2.88 bits per heavy atom. The van der Waals surface area contributed by atoms with Gasteiger partial charge in [-0.25, -0.2) is 0 Å². The summed E-state index contributed by atoms with van der Waals surface area (Å²) >= 11 is 3.53. The van der Waals surface area contributed by atoms with Gasteiger partial charge in [0.1, 0.15) is 0 Å². The Labute approximate surface area is 161 Å². The Morgan fingerprint density at radius 2 is 2.16 bits per heavy atom. The molecule has 140 valence electrons. The first-order valence-electron chi connectivity index (χ1n) is 9.50. The first-order valence-corrected chi connectivity index (χ1v) is 10.3. The van der Waals surface area contributed by atoms with Crippen LogP contribution in [0.2, 0.25) is 0 Å². The largest absolute Gasteiger partial charge is 0.381 e. The number of benzene rings is 1. The summed E-state index contributed by atoms with van der Waals surface area (Å²) in [6.07, 6.45) is 5.76. The van der Waals surface area contributed by atoms with Crippen molar-refractivity contribution in [3.8, 4) is 0 Å². The predicted molar refractivity (Wildman–Crippen MR) is 109 cm³/mol. The van der Waals surface area contributed by atoms with Crippen LogP contribution in [0.25, 0.3) is 0 Å². The fraction of sp³-hybridized carbons (Fsp3) is 0.650. The van der Waals surface area contributed by atoms with Crippen molar-refractivity contribution in [3.05, 3.63) is 34.3 Å². The van der Waals surface area contributed by atoms with Gasteiger partial charge in [0.2, 0.25) is 0 Å². The molecule has 1 aromatic carbocycles. The molecule has 1 aliphatic rings. The molecule has 0 unspecified atom stereocenters. The van der Waals surface area contributed by atoms with Crippen LogP contribution in [-0.4, -0.2) is 50.8 Å². The molecule has 0 amide bonds. The quantitative estimate of drug-likeness (QED) is 0.398. The molecule has 0 radical (unpaired) electrons. The Kier molecular flexibility index (Phi) is 9.33. The zero-order chi connectivity index (χ0) is 17.9. The van der Waals surface area contributed by atoms with Crippen LogP contribution < -0.4 is 5.32 Å². The van der Waals surface area contributed by atoms with Gasteiger partial charge in [0.15, 0.2) is 5.96 Å². The summed E-state index contributed by atoms with van der Waals surface area (Å²) in [4.78, 5) is 7.09. The molecule has 1 heterocycles. The van der Waals surface area contributed by atoms with Gasteiger partial charge in [-0.15, -0.1) is 0 Å². The van der Waals surface area contributed by atoms with Gasteiger partial charge < -0.3 is 15.0 Å². The molecule has 1 saturated heterocycles. The summed E-state index contributed by atoms with van der Waals surface area (Å²) in [5, 5.41) is 3.42. The Balaban J connectivity index is 1.75. The monoisotopic (exact) mass is 409 g/mol. The molecule has 25 heavy (non-hydrogen) atoms. The molecule has 1 aliphatic heterocycles. The van der Waals surface area contributed by atoms with E-state index in [2.05, 4.69) is 64.4 Å². The van der Waals surface area contributed by atoms with E-state index in [1.807, 2.05) is 0 Å². The SMILES string of the molecule is CCNC(=NCCCc1cccc(Br)c1)N(C)CCC1CCOCC1. The normalized spacial score (nSPS) is 16.0. The summed E-state index contributed by atoms with van der Waals surface area (Å²) in [7, 11) is 2.15. The minimum Gasteiger partial charge on any atom is -0.381 e. The highest BCUT2D eigenvalue weighted by atomic mass is 79.9. The fourth-order valence-corrected chi connectivity index (χ4v) is 3.59. The average Bonchev–Trinajstić information content (AvgIpc) is 2.63. The maximum Gasteiger partial charge on any atom is 0.193 e. The molecule has 0 aromatic heterocycles. The molecular weight excluding hydrogens is 378 g/mol. The van der Waals surface area contributed by atoms with E-state index in [1.165, 1.54) is 24.8 Å². The highest BCUT2D eigenvalue weighted by molar-refractivity contribution is 9.10. The van der Waals surface area contributed by atoms with E-state index in [9.17, 15) is 0 Å². The van der Waals surface area contributed by atoms with Crippen LogP contribution in [0.5, 0.6) is 0 Å². The minimum atomic E-state index is 0.801. The summed E-state index contributed by atoms with van der Waals surface area (Å²) in [6, 6.07) is 8.53. The number of aliphatic imine (C=N–C) groups is 1. The van der Waals surface area contributed by atoms with Crippen molar-refractivity contribution < 1.29 is 4.74 Å². The molecule has 0 atom stereocenters. The number of rotatable bonds is 8. The lowest BCUT2D eigenvalue weighted by atomic mass is 9.96. The fourth-order valence-electron chi connectivity index (χ4n) is 3.15. The van der Waals surface area contributed by atoms with Crippen LogP contribution in [0.15, 0.2) is 33.7 Å². The number of guanidine groups is 1. The summed E-state index contributed by atoms with van der Waals surface area (Å²) < 4.78 is 6.60. The number of halogens is 1. The number of ether oxygens (including phenoxy) is 1. The van der Waals surface area contributed by atoms with Crippen LogP contribution in [0.4, 0.5) is 0 Å². The molecule has 0 saturated carbocycles. The number of hydrogen-bond acceptors (Lipinski definition) is 2. The molecule has 1 aromatic rings. The average molecular weight is 410 g/mol. The van der Waals surface area contributed by atoms with Gasteiger partial charge in [0, 0.05) is 44.4 Å². The lowest BCUT2D eigenvalue weighted by Crippen LogP contribution is -2.40. The maximum absolute atomic E-state index is 5.45. The molecule has 1 N–H and O–H groups in total. The van der Waals surface area contributed by atoms with Crippen molar-refractivity contribution in [3.63, 3.8) is 0 Å². The number of nitrogens with zero attached hydrogens (tertiary/aromatic N) is 2. The second-order valence-corrected chi connectivity index (χ2v) is 7.65. The highest BCUT2D eigenvalue weighted by Crippen LogP contribution is 2.18. The third-order valence-corrected chi connectivity index (χ3v) is 5.18. The highest BCUT2D eigenvalue weighted by Gasteiger charge is 2.15. The van der Waals surface area contributed by atoms with E-state index < -0.39 is 0 Å². The van der Waals surface area contributed by atoms with Gasteiger partial charge >= 0.3 is 0 Å². The van der Waals surface area contributed by atoms with E-state index in [1.54, 1.807) is 0 Å². The van der Waals surface area contributed by atoms with Crippen molar-refractivity contribution in [2.45, 2.75) is 39.0 Å². The molecule has 5 heteroatoms. The minimum absolute atomic E-state index is 0.801. The zero-order valence-electron chi connectivity index (χ0n) is 15.6. The summed E-state index contributed by atoms with van der Waals surface area (Å²) in [5.41, 5.74) is 1.36. The van der Waals surface area contributed by atoms with E-state index >= 15 is 0 Å². The van der Waals surface area contributed by atoms with Crippen LogP contribution in [0, 0.1) is 5.92 Å². The van der Waals surface area contributed by atoms with Crippen molar-refractivity contribution in [2.24, 2.45) is 10.9 Å². The lowest BCUT2D eigenvalue weighted by Gasteiger charge is -2.26. The predicted octanol–water partition coefficient (Wildman–Crippen LogP) is 4.10. The van der Waals surface area contributed by atoms with Gasteiger partial charge in [-0.1, -0.05) is 28.1 Å². The van der Waals surface area contributed by atoms with Gasteiger partial charge in [-0.2, -0.15) is 0 Å². The van der Waals surface area contributed by atoms with Crippen LogP contribution in [0.1, 0.15) is 38.2 Å². The van der Waals surface area contributed by atoms with Gasteiger partial charge in [-0.05, 0) is 62.6 Å². The van der Waals surface area contributed by atoms with Gasteiger partial charge in [-0.3, -0.25) is 4.99 Å². The topological polar surface area (TPSA) is 36.9 Å². The molecular formula is C20H32BrN3O. The van der Waals surface area contributed by atoms with E-state index in [-0.39, 0.29) is 0 Å². The maximum atomic E-state index is 5.45. The summed E-state index contributed by atoms with van der Waals surface area (Å²) in [6.45, 7) is 6.81. The first kappa shape index (κ1) is 20.2. The third kappa shape index (κ3) is 7.78. The van der Waals surface area contributed by atoms with Crippen LogP contribution >= 0.6 is 15.9 Å². The van der Waals surface area contributed by atoms with Crippen LogP contribution in [0.3, 0.4) is 0 Å². The van der Waals surface area contributed by atoms with Gasteiger partial charge in [0.25, 0.3) is 0 Å². The molecule has 2 rings (SSSR count). The molecule has 0 bridgehead atoms. The smallest absolute Gasteiger partial charge is 0.193 e.